The van der Waals surface area contributed by atoms with E-state index in [0.717, 1.165) is 22.4 Å². The van der Waals surface area contributed by atoms with Crippen LogP contribution in [0.5, 0.6) is 0 Å². The summed E-state index contributed by atoms with van der Waals surface area (Å²) in [4.78, 5) is 4.32. The van der Waals surface area contributed by atoms with Gasteiger partial charge in [0.15, 0.2) is 5.58 Å². The molecule has 0 radical (unpaired) electrons. The van der Waals surface area contributed by atoms with Crippen LogP contribution in [0.15, 0.2) is 39.6 Å². The van der Waals surface area contributed by atoms with Gasteiger partial charge >= 0.3 is 0 Å². The lowest BCUT2D eigenvalue weighted by molar-refractivity contribution is 0.487. The minimum atomic E-state index is -0.0419. The van der Waals surface area contributed by atoms with Crippen molar-refractivity contribution < 1.29 is 4.42 Å². The van der Waals surface area contributed by atoms with Crippen molar-refractivity contribution in [3.63, 3.8) is 0 Å². The third-order valence-corrected chi connectivity index (χ3v) is 3.74. The summed E-state index contributed by atoms with van der Waals surface area (Å²) in [7, 11) is 1.89. The number of fused-ring (bicyclic) bond motifs is 1. The van der Waals surface area contributed by atoms with Gasteiger partial charge in [-0.3, -0.25) is 0 Å². The summed E-state index contributed by atoms with van der Waals surface area (Å²) in [6.07, 6.45) is 0. The van der Waals surface area contributed by atoms with E-state index in [9.17, 15) is 0 Å². The Bertz CT molecular complexity index is 663. The number of para-hydroxylation sites is 1. The molecule has 0 aliphatic rings. The Morgan fingerprint density at radius 3 is 3.00 bits per heavy atom. The van der Waals surface area contributed by atoms with Crippen LogP contribution in [0.3, 0.4) is 0 Å². The van der Waals surface area contributed by atoms with Gasteiger partial charge in [0.1, 0.15) is 11.8 Å². The van der Waals surface area contributed by atoms with Crippen molar-refractivity contribution >= 4 is 33.9 Å². The first-order valence-corrected chi connectivity index (χ1v) is 6.85. The van der Waals surface area contributed by atoms with Gasteiger partial charge in [0, 0.05) is 10.8 Å². The Hall–Kier alpha value is -1.36. The molecule has 1 N–H and O–H groups in total. The number of halogens is 1. The van der Waals surface area contributed by atoms with Crippen molar-refractivity contribution in [3.05, 3.63) is 51.6 Å². The van der Waals surface area contributed by atoms with Crippen LogP contribution in [-0.4, -0.2) is 12.0 Å². The highest BCUT2D eigenvalue weighted by Crippen LogP contribution is 2.31. The summed E-state index contributed by atoms with van der Waals surface area (Å²) >= 11 is 7.68. The van der Waals surface area contributed by atoms with E-state index in [2.05, 4.69) is 10.3 Å². The smallest absolute Gasteiger partial charge is 0.152 e. The molecule has 0 amide bonds. The Morgan fingerprint density at radius 1 is 1.44 bits per heavy atom. The van der Waals surface area contributed by atoms with E-state index in [1.54, 1.807) is 11.3 Å². The second-order valence-electron chi connectivity index (χ2n) is 3.94. The van der Waals surface area contributed by atoms with E-state index in [1.165, 1.54) is 0 Å². The molecular formula is C13H11ClN2OS. The molecule has 3 nitrogen and oxygen atoms in total. The van der Waals surface area contributed by atoms with E-state index in [1.807, 2.05) is 42.2 Å². The van der Waals surface area contributed by atoms with Crippen LogP contribution in [0.4, 0.5) is 0 Å². The molecule has 0 saturated heterocycles. The molecule has 0 aliphatic carbocycles. The molecule has 18 heavy (non-hydrogen) atoms. The molecular weight excluding hydrogens is 268 g/mol. The number of nitrogens with one attached hydrogen (secondary N) is 1. The van der Waals surface area contributed by atoms with Crippen LogP contribution >= 0.6 is 22.9 Å². The molecule has 1 unspecified atom stereocenters. The molecule has 0 fully saturated rings. The Kier molecular flexibility index (Phi) is 3.07. The summed E-state index contributed by atoms with van der Waals surface area (Å²) in [5.41, 5.74) is 3.50. The fourth-order valence-corrected chi connectivity index (χ4v) is 2.79. The zero-order valence-corrected chi connectivity index (χ0v) is 11.3. The predicted molar refractivity (Wildman–Crippen MR) is 74.2 cm³/mol. The highest BCUT2D eigenvalue weighted by Gasteiger charge is 2.19. The maximum absolute atomic E-state index is 6.12. The SMILES string of the molecule is CNC(c1cscn1)c1cc2cccc(Cl)c2o1. The molecule has 5 heteroatoms. The molecule has 1 atom stereocenters. The van der Waals surface area contributed by atoms with Gasteiger partial charge in [-0.25, -0.2) is 4.98 Å². The summed E-state index contributed by atoms with van der Waals surface area (Å²) in [6, 6.07) is 7.69. The Morgan fingerprint density at radius 2 is 2.33 bits per heavy atom. The van der Waals surface area contributed by atoms with Crippen LogP contribution in [0.25, 0.3) is 11.0 Å². The summed E-state index contributed by atoms with van der Waals surface area (Å²) in [5.74, 6) is 0.825. The first kappa shape index (κ1) is 11.7. The number of hydrogen-bond acceptors (Lipinski definition) is 4. The number of rotatable bonds is 3. The highest BCUT2D eigenvalue weighted by atomic mass is 35.5. The molecule has 0 saturated carbocycles. The molecule has 1 aromatic carbocycles. The van der Waals surface area contributed by atoms with Gasteiger partial charge in [0.05, 0.1) is 16.2 Å². The van der Waals surface area contributed by atoms with E-state index in [0.29, 0.717) is 5.02 Å². The van der Waals surface area contributed by atoms with E-state index < -0.39 is 0 Å². The Balaban J connectivity index is 2.11. The summed E-state index contributed by atoms with van der Waals surface area (Å²) < 4.78 is 5.85. The standard InChI is InChI=1S/C13H11ClN2OS/c1-15-12(10-6-18-7-16-10)11-5-8-3-2-4-9(14)13(8)17-11/h2-7,12,15H,1H3. The van der Waals surface area contributed by atoms with Gasteiger partial charge in [-0.2, -0.15) is 0 Å². The fourth-order valence-electron chi connectivity index (χ4n) is 1.99. The number of furan rings is 1. The van der Waals surface area contributed by atoms with Gasteiger partial charge < -0.3 is 9.73 Å². The van der Waals surface area contributed by atoms with Crippen molar-refractivity contribution in [2.75, 3.05) is 7.05 Å². The first-order valence-electron chi connectivity index (χ1n) is 5.53. The van der Waals surface area contributed by atoms with Gasteiger partial charge in [-0.1, -0.05) is 23.7 Å². The third kappa shape index (κ3) is 1.92. The van der Waals surface area contributed by atoms with Crippen LogP contribution < -0.4 is 5.32 Å². The monoisotopic (exact) mass is 278 g/mol. The molecule has 2 aromatic heterocycles. The maximum atomic E-state index is 6.12. The van der Waals surface area contributed by atoms with Gasteiger partial charge in [-0.15, -0.1) is 11.3 Å². The number of benzene rings is 1. The average molecular weight is 279 g/mol. The number of aromatic nitrogens is 1. The van der Waals surface area contributed by atoms with E-state index in [4.69, 9.17) is 16.0 Å². The second kappa shape index (κ2) is 4.72. The van der Waals surface area contributed by atoms with Crippen LogP contribution in [0.1, 0.15) is 17.5 Å². The molecule has 3 rings (SSSR count). The largest absolute Gasteiger partial charge is 0.457 e. The number of thiazole rings is 1. The predicted octanol–water partition coefficient (Wildman–Crippen LogP) is 3.85. The average Bonchev–Trinajstić information content (AvgIpc) is 3.00. The lowest BCUT2D eigenvalue weighted by Crippen LogP contribution is -2.17. The van der Waals surface area contributed by atoms with Crippen molar-refractivity contribution in [1.82, 2.24) is 10.3 Å². The molecule has 0 spiro atoms. The topological polar surface area (TPSA) is 38.1 Å². The maximum Gasteiger partial charge on any atom is 0.152 e. The van der Waals surface area contributed by atoms with E-state index in [-0.39, 0.29) is 6.04 Å². The summed E-state index contributed by atoms with van der Waals surface area (Å²) in [5, 5.41) is 6.86. The van der Waals surface area contributed by atoms with Gasteiger partial charge in [0.2, 0.25) is 0 Å². The van der Waals surface area contributed by atoms with Crippen molar-refractivity contribution in [1.29, 1.82) is 0 Å². The number of hydrogen-bond donors (Lipinski definition) is 1. The fraction of sp³-hybridized carbons (Fsp3) is 0.154. The highest BCUT2D eigenvalue weighted by molar-refractivity contribution is 7.07. The minimum Gasteiger partial charge on any atom is -0.457 e. The van der Waals surface area contributed by atoms with E-state index >= 15 is 0 Å². The zero-order valence-electron chi connectivity index (χ0n) is 9.68. The first-order chi connectivity index (χ1) is 8.79. The van der Waals surface area contributed by atoms with Crippen molar-refractivity contribution in [2.24, 2.45) is 0 Å². The van der Waals surface area contributed by atoms with Crippen LogP contribution in [-0.2, 0) is 0 Å². The normalized spacial score (nSPS) is 13.0. The lowest BCUT2D eigenvalue weighted by atomic mass is 10.1. The zero-order chi connectivity index (χ0) is 12.5. The number of nitrogens with zero attached hydrogens (tertiary/aromatic N) is 1. The third-order valence-electron chi connectivity index (χ3n) is 2.84. The molecule has 2 heterocycles. The quantitative estimate of drug-likeness (QED) is 0.791. The molecule has 3 aromatic rings. The second-order valence-corrected chi connectivity index (χ2v) is 5.07. The van der Waals surface area contributed by atoms with Crippen molar-refractivity contribution in [3.8, 4) is 0 Å². The molecule has 0 bridgehead atoms. The Labute approximate surface area is 113 Å². The van der Waals surface area contributed by atoms with Crippen molar-refractivity contribution in [2.45, 2.75) is 6.04 Å². The lowest BCUT2D eigenvalue weighted by Gasteiger charge is -2.09. The summed E-state index contributed by atoms with van der Waals surface area (Å²) in [6.45, 7) is 0. The minimum absolute atomic E-state index is 0.0419. The van der Waals surface area contributed by atoms with Crippen LogP contribution in [0.2, 0.25) is 5.02 Å². The molecule has 0 aliphatic heterocycles. The van der Waals surface area contributed by atoms with Gasteiger partial charge in [0.25, 0.3) is 0 Å². The van der Waals surface area contributed by atoms with Crippen LogP contribution in [0, 0.1) is 0 Å². The van der Waals surface area contributed by atoms with Gasteiger partial charge in [-0.05, 0) is 19.2 Å². The molecule has 92 valence electrons.